The molecule has 1 aromatic carbocycles. The largest absolute Gasteiger partial charge is 0.381 e. The number of aryl methyl sites for hydroxylation is 2. The minimum Gasteiger partial charge on any atom is -0.381 e. The van der Waals surface area contributed by atoms with Gasteiger partial charge in [-0.1, -0.05) is 19.9 Å². The summed E-state index contributed by atoms with van der Waals surface area (Å²) in [6.45, 7) is 5.74. The van der Waals surface area contributed by atoms with Gasteiger partial charge >= 0.3 is 0 Å². The molecule has 5 heteroatoms. The standard InChI is InChI=1S/C16H21N3O2/c1-3-8-18-9-7-13(12-18)11-17-15-6-5-14(4-2)16(10-15)19(20)21/h5-7,9-10,12,17H,3-4,8,11H2,1-2H3. The van der Waals surface area contributed by atoms with E-state index in [9.17, 15) is 10.1 Å². The molecule has 0 amide bonds. The molecule has 0 aliphatic heterocycles. The maximum absolute atomic E-state index is 11.1. The minimum absolute atomic E-state index is 0.186. The van der Waals surface area contributed by atoms with Crippen molar-refractivity contribution in [2.75, 3.05) is 5.32 Å². The van der Waals surface area contributed by atoms with E-state index < -0.39 is 0 Å². The van der Waals surface area contributed by atoms with E-state index in [1.807, 2.05) is 19.1 Å². The smallest absolute Gasteiger partial charge is 0.274 e. The Morgan fingerprint density at radius 1 is 1.29 bits per heavy atom. The molecule has 21 heavy (non-hydrogen) atoms. The van der Waals surface area contributed by atoms with E-state index in [-0.39, 0.29) is 10.6 Å². The average molecular weight is 287 g/mol. The predicted octanol–water partition coefficient (Wildman–Crippen LogP) is 3.98. The second kappa shape index (κ2) is 6.92. The highest BCUT2D eigenvalue weighted by Crippen LogP contribution is 2.24. The lowest BCUT2D eigenvalue weighted by Crippen LogP contribution is -2.01. The van der Waals surface area contributed by atoms with E-state index in [2.05, 4.69) is 35.3 Å². The molecule has 5 nitrogen and oxygen atoms in total. The fourth-order valence-electron chi connectivity index (χ4n) is 2.34. The lowest BCUT2D eigenvalue weighted by molar-refractivity contribution is -0.385. The molecule has 0 aliphatic rings. The Bertz CT molecular complexity index is 620. The summed E-state index contributed by atoms with van der Waals surface area (Å²) in [4.78, 5) is 10.7. The molecule has 0 spiro atoms. The summed E-state index contributed by atoms with van der Waals surface area (Å²) in [5.74, 6) is 0. The van der Waals surface area contributed by atoms with Crippen LogP contribution in [0.25, 0.3) is 0 Å². The first-order valence-corrected chi connectivity index (χ1v) is 7.29. The molecule has 2 aromatic rings. The number of anilines is 1. The van der Waals surface area contributed by atoms with Crippen molar-refractivity contribution < 1.29 is 4.92 Å². The second-order valence-corrected chi connectivity index (χ2v) is 5.07. The zero-order valence-electron chi connectivity index (χ0n) is 12.5. The lowest BCUT2D eigenvalue weighted by atomic mass is 10.1. The number of benzene rings is 1. The van der Waals surface area contributed by atoms with Gasteiger partial charge in [-0.2, -0.15) is 0 Å². The van der Waals surface area contributed by atoms with Crippen molar-refractivity contribution in [1.82, 2.24) is 4.57 Å². The zero-order valence-corrected chi connectivity index (χ0v) is 12.5. The highest BCUT2D eigenvalue weighted by molar-refractivity contribution is 5.55. The Hall–Kier alpha value is -2.30. The predicted molar refractivity (Wildman–Crippen MR) is 84.5 cm³/mol. The van der Waals surface area contributed by atoms with Crippen molar-refractivity contribution in [3.8, 4) is 0 Å². The number of nitrogens with one attached hydrogen (secondary N) is 1. The Morgan fingerprint density at radius 3 is 2.76 bits per heavy atom. The van der Waals surface area contributed by atoms with Crippen molar-refractivity contribution in [3.05, 3.63) is 57.9 Å². The highest BCUT2D eigenvalue weighted by Gasteiger charge is 2.12. The molecule has 0 atom stereocenters. The number of rotatable bonds is 7. The van der Waals surface area contributed by atoms with Gasteiger partial charge in [-0.25, -0.2) is 0 Å². The fourth-order valence-corrected chi connectivity index (χ4v) is 2.34. The SMILES string of the molecule is CCCn1ccc(CNc2ccc(CC)c([N+](=O)[O-])c2)c1. The first kappa shape index (κ1) is 15.1. The van der Waals surface area contributed by atoms with Crippen molar-refractivity contribution in [3.63, 3.8) is 0 Å². The van der Waals surface area contributed by atoms with Crippen LogP contribution in [0.4, 0.5) is 11.4 Å². The van der Waals surface area contributed by atoms with Gasteiger partial charge in [0.2, 0.25) is 0 Å². The van der Waals surface area contributed by atoms with Gasteiger partial charge in [0.15, 0.2) is 0 Å². The number of aromatic nitrogens is 1. The van der Waals surface area contributed by atoms with Crippen LogP contribution in [0.1, 0.15) is 31.4 Å². The van der Waals surface area contributed by atoms with Crippen LogP contribution in [0.15, 0.2) is 36.7 Å². The highest BCUT2D eigenvalue weighted by atomic mass is 16.6. The first-order chi connectivity index (χ1) is 10.1. The van der Waals surface area contributed by atoms with Gasteiger partial charge in [0.25, 0.3) is 5.69 Å². The molecule has 0 saturated carbocycles. The fraction of sp³-hybridized carbons (Fsp3) is 0.375. The second-order valence-electron chi connectivity index (χ2n) is 5.07. The van der Waals surface area contributed by atoms with Gasteiger partial charge < -0.3 is 9.88 Å². The molecule has 0 bridgehead atoms. The molecule has 0 radical (unpaired) electrons. The minimum atomic E-state index is -0.318. The third-order valence-corrected chi connectivity index (χ3v) is 3.45. The summed E-state index contributed by atoms with van der Waals surface area (Å²) in [7, 11) is 0. The van der Waals surface area contributed by atoms with E-state index in [1.54, 1.807) is 6.07 Å². The van der Waals surface area contributed by atoms with Crippen LogP contribution < -0.4 is 5.32 Å². The lowest BCUT2D eigenvalue weighted by Gasteiger charge is -2.07. The number of hydrogen-bond acceptors (Lipinski definition) is 3. The van der Waals surface area contributed by atoms with Gasteiger partial charge in [-0.3, -0.25) is 10.1 Å². The summed E-state index contributed by atoms with van der Waals surface area (Å²) in [6, 6.07) is 7.40. The van der Waals surface area contributed by atoms with Gasteiger partial charge in [0.05, 0.1) is 4.92 Å². The van der Waals surface area contributed by atoms with Crippen LogP contribution in [0.3, 0.4) is 0 Å². The molecule has 1 aromatic heterocycles. The molecular weight excluding hydrogens is 266 g/mol. The summed E-state index contributed by atoms with van der Waals surface area (Å²) in [5, 5.41) is 14.3. The van der Waals surface area contributed by atoms with Crippen LogP contribution in [-0.2, 0) is 19.5 Å². The maximum atomic E-state index is 11.1. The normalized spacial score (nSPS) is 10.6. The topological polar surface area (TPSA) is 60.1 Å². The average Bonchev–Trinajstić information content (AvgIpc) is 2.93. The maximum Gasteiger partial charge on any atom is 0.274 e. The van der Waals surface area contributed by atoms with Crippen molar-refractivity contribution in [1.29, 1.82) is 0 Å². The summed E-state index contributed by atoms with van der Waals surface area (Å²) < 4.78 is 2.15. The summed E-state index contributed by atoms with van der Waals surface area (Å²) in [6.07, 6.45) is 5.93. The third-order valence-electron chi connectivity index (χ3n) is 3.45. The van der Waals surface area contributed by atoms with Gasteiger partial charge in [0, 0.05) is 42.8 Å². The molecule has 112 valence electrons. The van der Waals surface area contributed by atoms with Crippen LogP contribution in [0.2, 0.25) is 0 Å². The van der Waals surface area contributed by atoms with Crippen LogP contribution in [0.5, 0.6) is 0 Å². The number of nitrogens with zero attached hydrogens (tertiary/aromatic N) is 2. The number of nitro groups is 1. The van der Waals surface area contributed by atoms with Crippen molar-refractivity contribution >= 4 is 11.4 Å². The molecule has 2 rings (SSSR count). The Morgan fingerprint density at radius 2 is 2.10 bits per heavy atom. The first-order valence-electron chi connectivity index (χ1n) is 7.29. The quantitative estimate of drug-likeness (QED) is 0.619. The van der Waals surface area contributed by atoms with Gasteiger partial charge in [-0.05, 0) is 30.5 Å². The molecule has 0 unspecified atom stereocenters. The Labute approximate surface area is 124 Å². The Kier molecular flexibility index (Phi) is 4.98. The van der Waals surface area contributed by atoms with Crippen molar-refractivity contribution in [2.45, 2.75) is 39.8 Å². The molecule has 1 N–H and O–H groups in total. The molecule has 0 aliphatic carbocycles. The van der Waals surface area contributed by atoms with Gasteiger partial charge in [0.1, 0.15) is 0 Å². The molecular formula is C16H21N3O2. The van der Waals surface area contributed by atoms with Crippen LogP contribution in [-0.4, -0.2) is 9.49 Å². The van der Waals surface area contributed by atoms with Crippen LogP contribution in [0, 0.1) is 10.1 Å². The third kappa shape index (κ3) is 3.84. The number of nitro benzene ring substituents is 1. The zero-order chi connectivity index (χ0) is 15.2. The van der Waals surface area contributed by atoms with E-state index in [0.29, 0.717) is 13.0 Å². The number of hydrogen-bond donors (Lipinski definition) is 1. The van der Waals surface area contributed by atoms with E-state index in [4.69, 9.17) is 0 Å². The summed E-state index contributed by atoms with van der Waals surface area (Å²) >= 11 is 0. The van der Waals surface area contributed by atoms with Crippen LogP contribution >= 0.6 is 0 Å². The summed E-state index contributed by atoms with van der Waals surface area (Å²) in [5.41, 5.74) is 2.90. The monoisotopic (exact) mass is 287 g/mol. The van der Waals surface area contributed by atoms with E-state index >= 15 is 0 Å². The van der Waals surface area contributed by atoms with E-state index in [1.165, 1.54) is 5.56 Å². The Balaban J connectivity index is 2.05. The van der Waals surface area contributed by atoms with Gasteiger partial charge in [-0.15, -0.1) is 0 Å². The van der Waals surface area contributed by atoms with E-state index in [0.717, 1.165) is 24.2 Å². The van der Waals surface area contributed by atoms with Crippen molar-refractivity contribution in [2.24, 2.45) is 0 Å². The molecule has 1 heterocycles. The molecule has 0 saturated heterocycles. The molecule has 0 fully saturated rings.